The van der Waals surface area contributed by atoms with Crippen LogP contribution in [0.25, 0.3) is 0 Å². The number of esters is 3. The van der Waals surface area contributed by atoms with Gasteiger partial charge in [0, 0.05) is 12.8 Å². The van der Waals surface area contributed by atoms with Gasteiger partial charge in [-0.25, -0.2) is 9.59 Å². The highest BCUT2D eigenvalue weighted by atomic mass is 16.6. The number of hydrogen-bond acceptors (Lipinski definition) is 8. The summed E-state index contributed by atoms with van der Waals surface area (Å²) in [5, 5.41) is 0. The van der Waals surface area contributed by atoms with Crippen molar-refractivity contribution < 1.29 is 38.1 Å². The SMILES string of the molecule is COC(=O)c1ccc(OCCCCCCOc2ccc(C(=O)OC(=O)CCCCCCCCC(C)=O)cc2)cc1. The van der Waals surface area contributed by atoms with Crippen LogP contribution in [0.2, 0.25) is 0 Å². The number of methoxy groups -OCH3 is 1. The summed E-state index contributed by atoms with van der Waals surface area (Å²) in [6, 6.07) is 13.5. The Labute approximate surface area is 237 Å². The topological polar surface area (TPSA) is 105 Å². The van der Waals surface area contributed by atoms with E-state index in [9.17, 15) is 19.2 Å². The molecule has 0 aliphatic carbocycles. The van der Waals surface area contributed by atoms with Crippen LogP contribution in [0.4, 0.5) is 0 Å². The lowest BCUT2D eigenvalue weighted by atomic mass is 10.1. The third kappa shape index (κ3) is 13.9. The Balaban J connectivity index is 1.50. The molecule has 2 rings (SSSR count). The van der Waals surface area contributed by atoms with Crippen LogP contribution >= 0.6 is 0 Å². The third-order valence-electron chi connectivity index (χ3n) is 6.31. The molecule has 0 saturated carbocycles. The highest BCUT2D eigenvalue weighted by Crippen LogP contribution is 2.16. The molecule has 0 unspecified atom stereocenters. The lowest BCUT2D eigenvalue weighted by Gasteiger charge is -2.08. The standard InChI is InChI=1S/C32H42O8/c1-25(33)13-9-5-3-4-6-10-14-30(34)40-32(36)27-17-21-29(22-18-27)39-24-12-8-7-11-23-38-28-19-15-26(16-20-28)31(35)37-2/h15-22H,3-14,23-24H2,1-2H3. The van der Waals surface area contributed by atoms with Gasteiger partial charge in [-0.05, 0) is 94.0 Å². The van der Waals surface area contributed by atoms with Gasteiger partial charge in [-0.15, -0.1) is 0 Å². The van der Waals surface area contributed by atoms with Gasteiger partial charge >= 0.3 is 17.9 Å². The number of carbonyl (C=O) groups is 4. The Morgan fingerprint density at radius 1 is 0.550 bits per heavy atom. The molecular weight excluding hydrogens is 512 g/mol. The fourth-order valence-corrected chi connectivity index (χ4v) is 3.99. The van der Waals surface area contributed by atoms with Gasteiger partial charge in [0.2, 0.25) is 0 Å². The average molecular weight is 555 g/mol. The van der Waals surface area contributed by atoms with E-state index in [-0.39, 0.29) is 18.2 Å². The van der Waals surface area contributed by atoms with Gasteiger partial charge in [0.15, 0.2) is 0 Å². The summed E-state index contributed by atoms with van der Waals surface area (Å²) < 4.78 is 21.1. The highest BCUT2D eigenvalue weighted by Gasteiger charge is 2.13. The summed E-state index contributed by atoms with van der Waals surface area (Å²) in [6.07, 6.45) is 10.2. The summed E-state index contributed by atoms with van der Waals surface area (Å²) >= 11 is 0. The molecule has 2 aromatic rings. The van der Waals surface area contributed by atoms with Crippen molar-refractivity contribution in [2.45, 2.75) is 84.0 Å². The van der Waals surface area contributed by atoms with E-state index in [0.29, 0.717) is 42.9 Å². The Morgan fingerprint density at radius 3 is 1.45 bits per heavy atom. The van der Waals surface area contributed by atoms with Crippen LogP contribution in [-0.4, -0.2) is 44.0 Å². The summed E-state index contributed by atoms with van der Waals surface area (Å²) in [4.78, 5) is 46.5. The molecule has 0 aromatic heterocycles. The first-order valence-corrected chi connectivity index (χ1v) is 14.2. The summed E-state index contributed by atoms with van der Waals surface area (Å²) in [7, 11) is 1.35. The van der Waals surface area contributed by atoms with Gasteiger partial charge in [0.1, 0.15) is 17.3 Å². The molecule has 0 aliphatic rings. The van der Waals surface area contributed by atoms with Crippen LogP contribution in [0.3, 0.4) is 0 Å². The van der Waals surface area contributed by atoms with E-state index < -0.39 is 11.9 Å². The maximum atomic E-state index is 12.2. The van der Waals surface area contributed by atoms with E-state index in [2.05, 4.69) is 4.74 Å². The van der Waals surface area contributed by atoms with Crippen molar-refractivity contribution >= 4 is 23.7 Å². The van der Waals surface area contributed by atoms with Gasteiger partial charge in [-0.2, -0.15) is 0 Å². The maximum absolute atomic E-state index is 12.2. The zero-order valence-corrected chi connectivity index (χ0v) is 23.8. The molecule has 0 bridgehead atoms. The minimum absolute atomic E-state index is 0.219. The van der Waals surface area contributed by atoms with Crippen LogP contribution in [0.1, 0.15) is 105 Å². The molecule has 40 heavy (non-hydrogen) atoms. The molecule has 0 fully saturated rings. The second-order valence-electron chi connectivity index (χ2n) is 9.74. The van der Waals surface area contributed by atoms with Crippen molar-refractivity contribution in [2.24, 2.45) is 0 Å². The zero-order chi connectivity index (χ0) is 29.0. The lowest BCUT2D eigenvalue weighted by molar-refractivity contribution is -0.138. The summed E-state index contributed by atoms with van der Waals surface area (Å²) in [5.41, 5.74) is 0.804. The first-order valence-electron chi connectivity index (χ1n) is 14.2. The van der Waals surface area contributed by atoms with Crippen LogP contribution < -0.4 is 9.47 Å². The van der Waals surface area contributed by atoms with Gasteiger partial charge in [-0.1, -0.05) is 25.7 Å². The molecule has 0 spiro atoms. The first kappa shape index (κ1) is 32.5. The van der Waals surface area contributed by atoms with Gasteiger partial charge in [0.05, 0.1) is 31.5 Å². The van der Waals surface area contributed by atoms with Gasteiger partial charge in [0.25, 0.3) is 0 Å². The molecule has 0 radical (unpaired) electrons. The molecule has 0 amide bonds. The second kappa shape index (κ2) is 19.4. The monoisotopic (exact) mass is 554 g/mol. The lowest BCUT2D eigenvalue weighted by Crippen LogP contribution is -2.12. The number of ether oxygens (including phenoxy) is 4. The largest absolute Gasteiger partial charge is 0.494 e. The molecule has 8 heteroatoms. The molecular formula is C32H42O8. The average Bonchev–Trinajstić information content (AvgIpc) is 2.95. The Kier molecular flexibility index (Phi) is 15.8. The molecule has 0 saturated heterocycles. The Hall–Kier alpha value is -3.68. The van der Waals surface area contributed by atoms with Gasteiger partial charge < -0.3 is 23.7 Å². The van der Waals surface area contributed by atoms with E-state index in [4.69, 9.17) is 14.2 Å². The van der Waals surface area contributed by atoms with Crippen LogP contribution in [0, 0.1) is 0 Å². The molecule has 0 heterocycles. The number of ketones is 1. The predicted molar refractivity (Wildman–Crippen MR) is 152 cm³/mol. The number of rotatable bonds is 20. The van der Waals surface area contributed by atoms with Crippen molar-refractivity contribution in [3.8, 4) is 11.5 Å². The normalized spacial score (nSPS) is 10.6. The Bertz CT molecular complexity index is 1040. The van der Waals surface area contributed by atoms with E-state index >= 15 is 0 Å². The number of hydrogen-bond donors (Lipinski definition) is 0. The Morgan fingerprint density at radius 2 is 0.975 bits per heavy atom. The third-order valence-corrected chi connectivity index (χ3v) is 6.31. The highest BCUT2D eigenvalue weighted by molar-refractivity contribution is 5.96. The van der Waals surface area contributed by atoms with Crippen molar-refractivity contribution in [2.75, 3.05) is 20.3 Å². The number of benzene rings is 2. The smallest absolute Gasteiger partial charge is 0.345 e. The fourth-order valence-electron chi connectivity index (χ4n) is 3.99. The van der Waals surface area contributed by atoms with Gasteiger partial charge in [-0.3, -0.25) is 4.79 Å². The first-order chi connectivity index (χ1) is 19.4. The number of carbonyl (C=O) groups excluding carboxylic acids is 4. The van der Waals surface area contributed by atoms with Crippen LogP contribution in [0.5, 0.6) is 11.5 Å². The molecule has 8 nitrogen and oxygen atoms in total. The van der Waals surface area contributed by atoms with E-state index in [1.165, 1.54) is 7.11 Å². The van der Waals surface area contributed by atoms with E-state index in [1.54, 1.807) is 55.5 Å². The van der Waals surface area contributed by atoms with Crippen LogP contribution in [-0.2, 0) is 19.1 Å². The minimum atomic E-state index is -0.651. The fraction of sp³-hybridized carbons (Fsp3) is 0.500. The quantitative estimate of drug-likeness (QED) is 0.0990. The van der Waals surface area contributed by atoms with E-state index in [0.717, 1.165) is 63.5 Å². The number of unbranched alkanes of at least 4 members (excludes halogenated alkanes) is 8. The van der Waals surface area contributed by atoms with Crippen molar-refractivity contribution in [1.82, 2.24) is 0 Å². The van der Waals surface area contributed by atoms with Crippen molar-refractivity contribution in [1.29, 1.82) is 0 Å². The molecule has 2 aromatic carbocycles. The molecule has 0 aliphatic heterocycles. The van der Waals surface area contributed by atoms with Crippen LogP contribution in [0.15, 0.2) is 48.5 Å². The van der Waals surface area contributed by atoms with Crippen molar-refractivity contribution in [3.05, 3.63) is 59.7 Å². The second-order valence-corrected chi connectivity index (χ2v) is 9.74. The number of Topliss-reactive ketones (excluding diaryl/α,β-unsaturated/α-hetero) is 1. The zero-order valence-electron chi connectivity index (χ0n) is 23.8. The maximum Gasteiger partial charge on any atom is 0.345 e. The summed E-state index contributed by atoms with van der Waals surface area (Å²) in [5.74, 6) is 0.0729. The molecule has 0 N–H and O–H groups in total. The molecule has 218 valence electrons. The predicted octanol–water partition coefficient (Wildman–Crippen LogP) is 6.88. The van der Waals surface area contributed by atoms with Crippen molar-refractivity contribution in [3.63, 3.8) is 0 Å². The van der Waals surface area contributed by atoms with E-state index in [1.807, 2.05) is 0 Å². The molecule has 0 atom stereocenters. The summed E-state index contributed by atoms with van der Waals surface area (Å²) in [6.45, 7) is 2.77. The minimum Gasteiger partial charge on any atom is -0.494 e.